The van der Waals surface area contributed by atoms with E-state index in [1.54, 1.807) is 0 Å². The molecule has 2 rings (SSSR count). The van der Waals surface area contributed by atoms with Gasteiger partial charge in [0.05, 0.1) is 12.6 Å². The Labute approximate surface area is 96.3 Å². The van der Waals surface area contributed by atoms with E-state index in [9.17, 15) is 0 Å². The number of ether oxygens (including phenoxy) is 1. The summed E-state index contributed by atoms with van der Waals surface area (Å²) in [5.74, 6) is 5.57. The predicted octanol–water partition coefficient (Wildman–Crippen LogP) is 1.71. The molecule has 1 aromatic rings. The summed E-state index contributed by atoms with van der Waals surface area (Å²) >= 11 is 0. The van der Waals surface area contributed by atoms with Gasteiger partial charge >= 0.3 is 0 Å². The van der Waals surface area contributed by atoms with Crippen LogP contribution in [0.2, 0.25) is 0 Å². The smallest absolute Gasteiger partial charge is 0.103 e. The second-order valence-corrected chi connectivity index (χ2v) is 4.23. The molecule has 0 aliphatic carbocycles. The molecule has 3 heteroatoms. The highest BCUT2D eigenvalue weighted by Crippen LogP contribution is 2.31. The van der Waals surface area contributed by atoms with Crippen LogP contribution < -0.4 is 11.3 Å². The van der Waals surface area contributed by atoms with Crippen LogP contribution in [0, 0.1) is 0 Å². The van der Waals surface area contributed by atoms with Crippen molar-refractivity contribution in [2.75, 3.05) is 6.61 Å². The van der Waals surface area contributed by atoms with Crippen molar-refractivity contribution in [3.8, 4) is 0 Å². The Kier molecular flexibility index (Phi) is 3.39. The second-order valence-electron chi connectivity index (χ2n) is 4.23. The van der Waals surface area contributed by atoms with E-state index in [1.165, 1.54) is 11.1 Å². The lowest BCUT2D eigenvalue weighted by atomic mass is 9.91. The summed E-state index contributed by atoms with van der Waals surface area (Å²) < 4.78 is 5.82. The van der Waals surface area contributed by atoms with E-state index >= 15 is 0 Å². The number of hydrazine groups is 1. The molecule has 0 bridgehead atoms. The summed E-state index contributed by atoms with van der Waals surface area (Å²) in [7, 11) is 0. The van der Waals surface area contributed by atoms with Crippen molar-refractivity contribution < 1.29 is 4.74 Å². The number of hydrogen-bond acceptors (Lipinski definition) is 3. The molecular weight excluding hydrogens is 200 g/mol. The lowest BCUT2D eigenvalue weighted by Gasteiger charge is -2.32. The lowest BCUT2D eigenvalue weighted by Crippen LogP contribution is -2.42. The third kappa shape index (κ3) is 2.02. The fraction of sp³-hybridized carbons (Fsp3) is 0.385. The largest absolute Gasteiger partial charge is 0.371 e. The fourth-order valence-electron chi connectivity index (χ4n) is 2.19. The third-order valence-electron chi connectivity index (χ3n) is 3.04. The molecule has 0 saturated heterocycles. The first-order chi connectivity index (χ1) is 7.74. The average molecular weight is 218 g/mol. The maximum absolute atomic E-state index is 5.82. The molecule has 0 spiro atoms. The number of nitrogens with one attached hydrogen (secondary N) is 1. The molecule has 2 unspecified atom stereocenters. The molecule has 1 aliphatic heterocycles. The Morgan fingerprint density at radius 1 is 1.56 bits per heavy atom. The molecule has 1 aliphatic rings. The van der Waals surface area contributed by atoms with Crippen molar-refractivity contribution in [3.05, 3.63) is 47.5 Å². The van der Waals surface area contributed by atoms with Crippen LogP contribution in [0.1, 0.15) is 24.2 Å². The first-order valence-electron chi connectivity index (χ1n) is 5.55. The Morgan fingerprint density at radius 3 is 3.00 bits per heavy atom. The van der Waals surface area contributed by atoms with Gasteiger partial charge in [-0.2, -0.15) is 0 Å². The number of fused-ring (bicyclic) bond motifs is 1. The van der Waals surface area contributed by atoms with Gasteiger partial charge in [-0.25, -0.2) is 0 Å². The van der Waals surface area contributed by atoms with Crippen molar-refractivity contribution in [2.24, 2.45) is 5.84 Å². The highest BCUT2D eigenvalue weighted by molar-refractivity contribution is 5.33. The summed E-state index contributed by atoms with van der Waals surface area (Å²) in [5, 5.41) is 0. The summed E-state index contributed by atoms with van der Waals surface area (Å²) in [5.41, 5.74) is 6.35. The average Bonchev–Trinajstić information content (AvgIpc) is 2.30. The maximum atomic E-state index is 5.82. The molecule has 3 nitrogen and oxygen atoms in total. The van der Waals surface area contributed by atoms with Gasteiger partial charge in [0, 0.05) is 0 Å². The molecule has 1 heterocycles. The van der Waals surface area contributed by atoms with Gasteiger partial charge in [0.15, 0.2) is 0 Å². The van der Waals surface area contributed by atoms with Gasteiger partial charge in [-0.3, -0.25) is 11.3 Å². The van der Waals surface area contributed by atoms with Crippen LogP contribution >= 0.6 is 0 Å². The minimum absolute atomic E-state index is 0.0209. The Balaban J connectivity index is 2.34. The quantitative estimate of drug-likeness (QED) is 0.461. The Hall–Kier alpha value is -1.16. The molecule has 0 amide bonds. The monoisotopic (exact) mass is 218 g/mol. The number of benzene rings is 1. The maximum Gasteiger partial charge on any atom is 0.103 e. The normalized spacial score (nSPS) is 21.2. The number of nitrogens with two attached hydrogens (primary N) is 1. The SMILES string of the molecule is C=C(C)C(NN)C1OCCc2ccccc21. The zero-order chi connectivity index (χ0) is 11.5. The van der Waals surface area contributed by atoms with Crippen molar-refractivity contribution in [3.63, 3.8) is 0 Å². The first-order valence-corrected chi connectivity index (χ1v) is 5.55. The number of rotatable bonds is 3. The summed E-state index contributed by atoms with van der Waals surface area (Å²) in [6, 6.07) is 8.32. The zero-order valence-electron chi connectivity index (χ0n) is 9.57. The van der Waals surface area contributed by atoms with Crippen LogP contribution in [0.15, 0.2) is 36.4 Å². The van der Waals surface area contributed by atoms with Crippen LogP contribution in [-0.4, -0.2) is 12.6 Å². The molecule has 0 aromatic heterocycles. The molecule has 0 fully saturated rings. The minimum atomic E-state index is -0.0264. The summed E-state index contributed by atoms with van der Waals surface area (Å²) in [6.45, 7) is 6.66. The third-order valence-corrected chi connectivity index (χ3v) is 3.04. The topological polar surface area (TPSA) is 47.3 Å². The van der Waals surface area contributed by atoms with Crippen molar-refractivity contribution in [2.45, 2.75) is 25.5 Å². The number of hydrogen-bond donors (Lipinski definition) is 2. The second kappa shape index (κ2) is 4.78. The molecule has 2 atom stereocenters. The van der Waals surface area contributed by atoms with Crippen molar-refractivity contribution in [1.82, 2.24) is 5.43 Å². The molecule has 86 valence electrons. The van der Waals surface area contributed by atoms with Gasteiger partial charge < -0.3 is 4.74 Å². The standard InChI is InChI=1S/C13H18N2O/c1-9(2)12(15-14)13-11-6-4-3-5-10(11)7-8-16-13/h3-6,12-13,15H,1,7-8,14H2,2H3. The highest BCUT2D eigenvalue weighted by Gasteiger charge is 2.28. The minimum Gasteiger partial charge on any atom is -0.371 e. The van der Waals surface area contributed by atoms with Crippen molar-refractivity contribution >= 4 is 0 Å². The Bertz CT molecular complexity index is 389. The van der Waals surface area contributed by atoms with Crippen LogP contribution in [0.25, 0.3) is 0 Å². The van der Waals surface area contributed by atoms with Gasteiger partial charge in [0.25, 0.3) is 0 Å². The highest BCUT2D eigenvalue weighted by atomic mass is 16.5. The van der Waals surface area contributed by atoms with E-state index in [0.29, 0.717) is 0 Å². The van der Waals surface area contributed by atoms with Crippen LogP contribution in [0.5, 0.6) is 0 Å². The predicted molar refractivity (Wildman–Crippen MR) is 64.8 cm³/mol. The zero-order valence-corrected chi connectivity index (χ0v) is 9.57. The van der Waals surface area contributed by atoms with Gasteiger partial charge in [-0.1, -0.05) is 36.4 Å². The van der Waals surface area contributed by atoms with Gasteiger partial charge in [-0.05, 0) is 24.5 Å². The molecule has 1 aromatic carbocycles. The van der Waals surface area contributed by atoms with Gasteiger partial charge in [-0.15, -0.1) is 0 Å². The van der Waals surface area contributed by atoms with Crippen LogP contribution in [0.3, 0.4) is 0 Å². The Morgan fingerprint density at radius 2 is 2.31 bits per heavy atom. The lowest BCUT2D eigenvalue weighted by molar-refractivity contribution is 0.0239. The van der Waals surface area contributed by atoms with E-state index in [-0.39, 0.29) is 12.1 Å². The van der Waals surface area contributed by atoms with E-state index in [1.807, 2.05) is 13.0 Å². The van der Waals surface area contributed by atoms with Crippen molar-refractivity contribution in [1.29, 1.82) is 0 Å². The molecular formula is C13H18N2O. The van der Waals surface area contributed by atoms with Crippen LogP contribution in [-0.2, 0) is 11.2 Å². The van der Waals surface area contributed by atoms with E-state index < -0.39 is 0 Å². The molecule has 0 saturated carbocycles. The van der Waals surface area contributed by atoms with Gasteiger partial charge in [0.1, 0.15) is 6.10 Å². The molecule has 0 radical (unpaired) electrons. The molecule has 3 N–H and O–H groups in total. The van der Waals surface area contributed by atoms with E-state index in [2.05, 4.69) is 30.2 Å². The van der Waals surface area contributed by atoms with E-state index in [0.717, 1.165) is 18.6 Å². The van der Waals surface area contributed by atoms with Crippen LogP contribution in [0.4, 0.5) is 0 Å². The summed E-state index contributed by atoms with van der Waals surface area (Å²) in [6.07, 6.45) is 0.951. The molecule has 16 heavy (non-hydrogen) atoms. The van der Waals surface area contributed by atoms with Gasteiger partial charge in [0.2, 0.25) is 0 Å². The first kappa shape index (κ1) is 11.3. The summed E-state index contributed by atoms with van der Waals surface area (Å²) in [4.78, 5) is 0. The fourth-order valence-corrected chi connectivity index (χ4v) is 2.19. The van der Waals surface area contributed by atoms with E-state index in [4.69, 9.17) is 10.6 Å².